The van der Waals surface area contributed by atoms with E-state index >= 15 is 0 Å². The molecule has 0 radical (unpaired) electrons. The van der Waals surface area contributed by atoms with Gasteiger partial charge in [-0.15, -0.1) is 0 Å². The van der Waals surface area contributed by atoms with Crippen molar-refractivity contribution in [1.82, 2.24) is 0 Å². The third-order valence-corrected chi connectivity index (χ3v) is 1.77. The summed E-state index contributed by atoms with van der Waals surface area (Å²) in [6.07, 6.45) is -0.0216. The van der Waals surface area contributed by atoms with E-state index in [0.29, 0.717) is 0 Å². The first-order chi connectivity index (χ1) is 4.45. The van der Waals surface area contributed by atoms with Crippen LogP contribution in [0.3, 0.4) is 0 Å². The van der Waals surface area contributed by atoms with Crippen molar-refractivity contribution in [3.8, 4) is 0 Å². The average Bonchev–Trinajstić information content (AvgIpc) is 1.81. The van der Waals surface area contributed by atoms with Crippen LogP contribution in [0.2, 0.25) is 6.04 Å². The van der Waals surface area contributed by atoms with E-state index in [4.69, 9.17) is 25.3 Å². The predicted molar refractivity (Wildman–Crippen MR) is 35.2 cm³/mol. The Morgan fingerprint density at radius 1 is 1.36 bits per heavy atom. The summed E-state index contributed by atoms with van der Waals surface area (Å²) in [6, 6.07) is -0.247. The van der Waals surface area contributed by atoms with E-state index in [-0.39, 0.29) is 38.7 Å². The second kappa shape index (κ2) is 5.65. The fourth-order valence-electron chi connectivity index (χ4n) is 0.346. The molecule has 11 heavy (non-hydrogen) atoms. The number of oxime groups is 1. The molecule has 0 aromatic rings. The van der Waals surface area contributed by atoms with Gasteiger partial charge in [0, 0.05) is 32.9 Å². The molecule has 0 saturated carbocycles. The summed E-state index contributed by atoms with van der Waals surface area (Å²) in [5.41, 5.74) is 4.97. The molecule has 0 fully saturated rings. The average molecular weight is 273 g/mol. The van der Waals surface area contributed by atoms with Gasteiger partial charge in [-0.1, -0.05) is 5.16 Å². The monoisotopic (exact) mass is 272 g/mol. The maximum Gasteiger partial charge on any atom is 0.493 e. The maximum absolute atomic E-state index is 8.42. The largest absolute Gasteiger partial charge is 0.493 e. The van der Waals surface area contributed by atoms with Crippen molar-refractivity contribution in [3.05, 3.63) is 0 Å². The number of amidine groups is 1. The third kappa shape index (κ3) is 10.0. The van der Waals surface area contributed by atoms with Crippen molar-refractivity contribution < 1.29 is 40.0 Å². The predicted octanol–water partition coefficient (Wildman–Crippen LogP) is -1.96. The second-order valence-corrected chi connectivity index (χ2v) is 3.91. The first kappa shape index (κ1) is 13.6. The Bertz CT molecular complexity index is 136. The minimum absolute atomic E-state index is 0. The molecule has 0 aliphatic carbocycles. The molecule has 70 valence electrons. The molecular formula is C3H10N2O4PdSi. The molecule has 8 heteroatoms. The number of nitrogens with zero attached hydrogens (tertiary/aromatic N) is 1. The Morgan fingerprint density at radius 3 is 2.09 bits per heavy atom. The Morgan fingerprint density at radius 2 is 1.82 bits per heavy atom. The smallest absolute Gasteiger partial charge is 0.409 e. The zero-order chi connectivity index (χ0) is 8.20. The Hall–Kier alpha value is 0.0292. The van der Waals surface area contributed by atoms with Gasteiger partial charge in [-0.05, 0) is 0 Å². The van der Waals surface area contributed by atoms with Crippen LogP contribution >= 0.6 is 0 Å². The summed E-state index contributed by atoms with van der Waals surface area (Å²) < 4.78 is 0. The fourth-order valence-corrected chi connectivity index (χ4v) is 0.937. The quantitative estimate of drug-likeness (QED) is 0.134. The Kier molecular flexibility index (Phi) is 6.99. The van der Waals surface area contributed by atoms with Gasteiger partial charge in [0.2, 0.25) is 0 Å². The molecular weight excluding hydrogens is 263 g/mol. The molecule has 0 rings (SSSR count). The maximum atomic E-state index is 8.42. The summed E-state index contributed by atoms with van der Waals surface area (Å²) in [5.74, 6) is -0.131. The van der Waals surface area contributed by atoms with Gasteiger partial charge >= 0.3 is 8.80 Å². The Labute approximate surface area is 78.4 Å². The van der Waals surface area contributed by atoms with Crippen molar-refractivity contribution in [2.45, 2.75) is 12.5 Å². The number of hydrogen-bond donors (Lipinski definition) is 5. The molecule has 0 saturated heterocycles. The second-order valence-electron chi connectivity index (χ2n) is 1.87. The molecule has 0 aliphatic heterocycles. The normalized spacial score (nSPS) is 12.5. The van der Waals surface area contributed by atoms with Crippen LogP contribution in [0.15, 0.2) is 5.16 Å². The SMILES string of the molecule is N/C(CC[Si](O)(O)O)=N\O.[Pd]. The third-order valence-electron chi connectivity index (χ3n) is 0.845. The van der Waals surface area contributed by atoms with Crippen LogP contribution in [-0.2, 0) is 20.4 Å². The van der Waals surface area contributed by atoms with Crippen LogP contribution in [-0.4, -0.2) is 34.2 Å². The molecule has 6 N–H and O–H groups in total. The summed E-state index contributed by atoms with van der Waals surface area (Å²) in [4.78, 5) is 25.3. The summed E-state index contributed by atoms with van der Waals surface area (Å²) in [7, 11) is -4.01. The number of nitrogens with two attached hydrogens (primary N) is 1. The molecule has 0 heterocycles. The van der Waals surface area contributed by atoms with Crippen molar-refractivity contribution in [1.29, 1.82) is 0 Å². The van der Waals surface area contributed by atoms with E-state index in [1.54, 1.807) is 0 Å². The summed E-state index contributed by atoms with van der Waals surface area (Å²) >= 11 is 0. The standard InChI is InChI=1S/C3H10N2O4Si.Pd/c4-3(5-6)1-2-10(7,8)9;/h6-9H,1-2H2,(H2,4,5);. The van der Waals surface area contributed by atoms with Gasteiger partial charge in [0.05, 0.1) is 0 Å². The van der Waals surface area contributed by atoms with Crippen LogP contribution in [0.5, 0.6) is 0 Å². The van der Waals surface area contributed by atoms with Gasteiger partial charge in [-0.3, -0.25) is 0 Å². The van der Waals surface area contributed by atoms with Crippen molar-refractivity contribution in [2.75, 3.05) is 0 Å². The summed E-state index contributed by atoms with van der Waals surface area (Å²) in [5, 5.41) is 10.5. The van der Waals surface area contributed by atoms with E-state index < -0.39 is 8.80 Å². The van der Waals surface area contributed by atoms with Crippen LogP contribution in [0.1, 0.15) is 6.42 Å². The Balaban J connectivity index is 0. The van der Waals surface area contributed by atoms with Crippen molar-refractivity contribution in [3.63, 3.8) is 0 Å². The van der Waals surface area contributed by atoms with Crippen LogP contribution in [0.25, 0.3) is 0 Å². The van der Waals surface area contributed by atoms with Crippen LogP contribution < -0.4 is 5.73 Å². The van der Waals surface area contributed by atoms with E-state index in [0.717, 1.165) is 0 Å². The first-order valence-corrected chi connectivity index (χ1v) is 4.64. The van der Waals surface area contributed by atoms with Gasteiger partial charge < -0.3 is 25.3 Å². The summed E-state index contributed by atoms with van der Waals surface area (Å²) in [6.45, 7) is 0. The molecule has 0 aromatic carbocycles. The van der Waals surface area contributed by atoms with Crippen molar-refractivity contribution in [2.24, 2.45) is 10.9 Å². The van der Waals surface area contributed by atoms with Gasteiger partial charge in [0.1, 0.15) is 5.84 Å². The van der Waals surface area contributed by atoms with Gasteiger partial charge in [0.25, 0.3) is 0 Å². The van der Waals surface area contributed by atoms with Gasteiger partial charge in [-0.25, -0.2) is 0 Å². The van der Waals surface area contributed by atoms with Gasteiger partial charge in [-0.2, -0.15) is 0 Å². The topological polar surface area (TPSA) is 119 Å². The molecule has 0 bridgehead atoms. The minimum Gasteiger partial charge on any atom is -0.409 e. The van der Waals surface area contributed by atoms with Crippen molar-refractivity contribution >= 4 is 14.6 Å². The van der Waals surface area contributed by atoms with E-state index in [2.05, 4.69) is 5.16 Å². The van der Waals surface area contributed by atoms with Gasteiger partial charge in [0.15, 0.2) is 0 Å². The minimum atomic E-state index is -4.01. The molecule has 0 aromatic heterocycles. The molecule has 0 unspecified atom stereocenters. The molecule has 0 atom stereocenters. The zero-order valence-electron chi connectivity index (χ0n) is 5.54. The van der Waals surface area contributed by atoms with E-state index in [1.165, 1.54) is 0 Å². The number of hydrogen-bond acceptors (Lipinski definition) is 5. The first-order valence-electron chi connectivity index (χ1n) is 2.59. The fraction of sp³-hybridized carbons (Fsp3) is 0.667. The molecule has 0 aliphatic rings. The zero-order valence-corrected chi connectivity index (χ0v) is 8.10. The van der Waals surface area contributed by atoms with Crippen LogP contribution in [0, 0.1) is 0 Å². The molecule has 0 spiro atoms. The molecule has 6 nitrogen and oxygen atoms in total. The van der Waals surface area contributed by atoms with E-state index in [1.807, 2.05) is 0 Å². The van der Waals surface area contributed by atoms with E-state index in [9.17, 15) is 0 Å². The number of rotatable bonds is 3. The van der Waals surface area contributed by atoms with Crippen LogP contribution in [0.4, 0.5) is 0 Å². The molecule has 0 amide bonds.